The second-order valence-electron chi connectivity index (χ2n) is 8.83. The standard InChI is InChI=1S/C29H27FO2S/c1-29(2,3)23-16-20-27(21-17-23)33(25-10-6-4-7-11-25,26-12-8-5-9-13-26)32-28(31)22-14-18-24(30)19-15-22/h4-21H,1-3H3. The molecule has 0 atom stereocenters. The molecule has 0 saturated carbocycles. The van der Waals surface area contributed by atoms with Gasteiger partial charge in [-0.05, 0) is 82.0 Å². The molecule has 0 amide bonds. The Hall–Kier alpha value is -3.37. The molecule has 0 N–H and O–H groups in total. The van der Waals surface area contributed by atoms with Crippen LogP contribution >= 0.6 is 10.3 Å². The molecule has 0 spiro atoms. The molecule has 168 valence electrons. The van der Waals surface area contributed by atoms with Gasteiger partial charge in [0.1, 0.15) is 5.82 Å². The molecule has 0 saturated heterocycles. The number of rotatable bonds is 5. The van der Waals surface area contributed by atoms with Crippen LogP contribution in [0.3, 0.4) is 0 Å². The maximum atomic E-state index is 13.5. The zero-order valence-corrected chi connectivity index (χ0v) is 19.8. The highest BCUT2D eigenvalue weighted by Crippen LogP contribution is 2.69. The molecular formula is C29H27FO2S. The monoisotopic (exact) mass is 458 g/mol. The first-order chi connectivity index (χ1) is 15.8. The van der Waals surface area contributed by atoms with Crippen molar-refractivity contribution in [3.05, 3.63) is 126 Å². The summed E-state index contributed by atoms with van der Waals surface area (Å²) >= 11 is 0. The first-order valence-corrected chi connectivity index (χ1v) is 12.4. The van der Waals surface area contributed by atoms with Crippen molar-refractivity contribution in [2.24, 2.45) is 0 Å². The van der Waals surface area contributed by atoms with E-state index >= 15 is 0 Å². The SMILES string of the molecule is CC(C)(C)c1ccc(S(OC(=O)c2ccc(F)cc2)(c2ccccc2)c2ccccc2)cc1. The van der Waals surface area contributed by atoms with Crippen LogP contribution in [0.2, 0.25) is 0 Å². The fraction of sp³-hybridized carbons (Fsp3) is 0.138. The molecule has 4 aromatic carbocycles. The van der Waals surface area contributed by atoms with E-state index in [0.29, 0.717) is 5.56 Å². The van der Waals surface area contributed by atoms with Crippen LogP contribution < -0.4 is 0 Å². The Labute approximate surface area is 196 Å². The largest absolute Gasteiger partial charge is 0.398 e. The topological polar surface area (TPSA) is 26.3 Å². The molecule has 0 bridgehead atoms. The predicted octanol–water partition coefficient (Wildman–Crippen LogP) is 8.18. The average molecular weight is 459 g/mol. The highest BCUT2D eigenvalue weighted by Gasteiger charge is 2.36. The summed E-state index contributed by atoms with van der Waals surface area (Å²) in [5, 5.41) is 0. The van der Waals surface area contributed by atoms with Crippen molar-refractivity contribution in [3.63, 3.8) is 0 Å². The molecule has 33 heavy (non-hydrogen) atoms. The van der Waals surface area contributed by atoms with Gasteiger partial charge in [0.05, 0.1) is 5.56 Å². The molecule has 0 aromatic heterocycles. The normalized spacial score (nSPS) is 12.2. The Bertz CT molecular complexity index is 1170. The smallest absolute Gasteiger partial charge is 0.349 e. The zero-order valence-electron chi connectivity index (χ0n) is 19.0. The highest BCUT2D eigenvalue weighted by atomic mass is 32.3. The van der Waals surface area contributed by atoms with E-state index in [1.807, 2.05) is 60.7 Å². The Morgan fingerprint density at radius 2 is 1.12 bits per heavy atom. The lowest BCUT2D eigenvalue weighted by atomic mass is 9.87. The lowest BCUT2D eigenvalue weighted by Crippen LogP contribution is -2.15. The van der Waals surface area contributed by atoms with Crippen molar-refractivity contribution in [3.8, 4) is 0 Å². The molecule has 0 radical (unpaired) electrons. The summed E-state index contributed by atoms with van der Waals surface area (Å²) in [7, 11) is -2.40. The molecule has 4 heteroatoms. The minimum absolute atomic E-state index is 0.000799. The van der Waals surface area contributed by atoms with Crippen molar-refractivity contribution >= 4 is 16.3 Å². The third-order valence-electron chi connectivity index (χ3n) is 5.48. The van der Waals surface area contributed by atoms with Gasteiger partial charge in [0.25, 0.3) is 0 Å². The van der Waals surface area contributed by atoms with Gasteiger partial charge in [0.15, 0.2) is 0 Å². The number of hydrogen-bond donors (Lipinski definition) is 0. The minimum Gasteiger partial charge on any atom is -0.398 e. The van der Waals surface area contributed by atoms with Crippen LogP contribution in [0.5, 0.6) is 0 Å². The van der Waals surface area contributed by atoms with Crippen LogP contribution in [0.1, 0.15) is 36.7 Å². The van der Waals surface area contributed by atoms with Crippen LogP contribution in [-0.2, 0) is 9.60 Å². The van der Waals surface area contributed by atoms with Crippen molar-refractivity contribution in [1.82, 2.24) is 0 Å². The lowest BCUT2D eigenvalue weighted by Gasteiger charge is -2.40. The lowest BCUT2D eigenvalue weighted by molar-refractivity contribution is 0.0757. The van der Waals surface area contributed by atoms with Crippen LogP contribution in [0.25, 0.3) is 0 Å². The van der Waals surface area contributed by atoms with Gasteiger partial charge in [0.2, 0.25) is 0 Å². The highest BCUT2D eigenvalue weighted by molar-refractivity contribution is 8.30. The van der Waals surface area contributed by atoms with Gasteiger partial charge >= 0.3 is 5.97 Å². The van der Waals surface area contributed by atoms with E-state index in [4.69, 9.17) is 4.18 Å². The third kappa shape index (κ3) is 4.71. The van der Waals surface area contributed by atoms with Crippen molar-refractivity contribution in [1.29, 1.82) is 0 Å². The summed E-state index contributed by atoms with van der Waals surface area (Å²) in [6, 6.07) is 33.5. The summed E-state index contributed by atoms with van der Waals surface area (Å²) in [5.74, 6) is -0.883. The van der Waals surface area contributed by atoms with E-state index in [1.54, 1.807) is 0 Å². The minimum atomic E-state index is -2.40. The first kappa shape index (κ1) is 22.8. The Kier molecular flexibility index (Phi) is 6.39. The third-order valence-corrected chi connectivity index (χ3v) is 8.69. The first-order valence-electron chi connectivity index (χ1n) is 10.8. The summed E-state index contributed by atoms with van der Waals surface area (Å²) in [5.41, 5.74) is 1.51. The number of hydrogen-bond acceptors (Lipinski definition) is 2. The molecule has 0 aliphatic rings. The second-order valence-corrected chi connectivity index (χ2v) is 11.5. The molecule has 0 aliphatic heterocycles. The summed E-state index contributed by atoms with van der Waals surface area (Å²) in [6.45, 7) is 6.52. The number of benzene rings is 4. The Morgan fingerprint density at radius 3 is 1.58 bits per heavy atom. The van der Waals surface area contributed by atoms with Gasteiger partial charge in [-0.2, -0.15) is 0 Å². The molecule has 0 heterocycles. The molecular weight excluding hydrogens is 431 g/mol. The van der Waals surface area contributed by atoms with Gasteiger partial charge in [-0.15, -0.1) is 0 Å². The Balaban J connectivity index is 1.93. The van der Waals surface area contributed by atoms with Crippen molar-refractivity contribution < 1.29 is 13.4 Å². The summed E-state index contributed by atoms with van der Waals surface area (Å²) in [4.78, 5) is 16.1. The van der Waals surface area contributed by atoms with Crippen LogP contribution in [0.4, 0.5) is 4.39 Å². The fourth-order valence-electron chi connectivity index (χ4n) is 3.67. The van der Waals surface area contributed by atoms with Gasteiger partial charge in [-0.1, -0.05) is 69.3 Å². The van der Waals surface area contributed by atoms with E-state index < -0.39 is 22.1 Å². The number of carbonyl (C=O) groups is 1. The number of halogens is 1. The maximum absolute atomic E-state index is 13.5. The predicted molar refractivity (Wildman–Crippen MR) is 132 cm³/mol. The molecule has 4 aromatic rings. The van der Waals surface area contributed by atoms with E-state index in [9.17, 15) is 9.18 Å². The summed E-state index contributed by atoms with van der Waals surface area (Å²) < 4.78 is 19.9. The van der Waals surface area contributed by atoms with Crippen molar-refractivity contribution in [2.75, 3.05) is 0 Å². The number of carbonyl (C=O) groups excluding carboxylic acids is 1. The molecule has 0 fully saturated rings. The molecule has 0 unspecified atom stereocenters. The quantitative estimate of drug-likeness (QED) is 0.301. The van der Waals surface area contributed by atoms with E-state index in [1.165, 1.54) is 29.8 Å². The van der Waals surface area contributed by atoms with Crippen molar-refractivity contribution in [2.45, 2.75) is 40.9 Å². The fourth-order valence-corrected chi connectivity index (χ4v) is 6.70. The maximum Gasteiger partial charge on any atom is 0.349 e. The van der Waals surface area contributed by atoms with E-state index in [-0.39, 0.29) is 5.41 Å². The van der Waals surface area contributed by atoms with Gasteiger partial charge in [-0.3, -0.25) is 0 Å². The molecule has 4 rings (SSSR count). The van der Waals surface area contributed by atoms with E-state index in [2.05, 4.69) is 45.0 Å². The van der Waals surface area contributed by atoms with E-state index in [0.717, 1.165) is 14.7 Å². The average Bonchev–Trinajstić information content (AvgIpc) is 2.83. The summed E-state index contributed by atoms with van der Waals surface area (Å²) in [6.07, 6.45) is 0. The van der Waals surface area contributed by atoms with Gasteiger partial charge in [-0.25, -0.2) is 9.18 Å². The van der Waals surface area contributed by atoms with Crippen LogP contribution in [-0.4, -0.2) is 5.97 Å². The van der Waals surface area contributed by atoms with Gasteiger partial charge < -0.3 is 4.18 Å². The van der Waals surface area contributed by atoms with Gasteiger partial charge in [0, 0.05) is 14.7 Å². The molecule has 0 aliphatic carbocycles. The zero-order chi connectivity index (χ0) is 23.5. The Morgan fingerprint density at radius 1 is 0.667 bits per heavy atom. The van der Waals surface area contributed by atoms with Crippen LogP contribution in [0, 0.1) is 5.82 Å². The van der Waals surface area contributed by atoms with Crippen LogP contribution in [0.15, 0.2) is 124 Å². The molecule has 2 nitrogen and oxygen atoms in total. The second kappa shape index (κ2) is 9.24.